The van der Waals surface area contributed by atoms with Crippen molar-refractivity contribution in [1.82, 2.24) is 0 Å². The Morgan fingerprint density at radius 3 is 1.95 bits per heavy atom. The van der Waals surface area contributed by atoms with Crippen molar-refractivity contribution in [2.24, 2.45) is 0 Å². The Balaban J connectivity index is 1.98. The van der Waals surface area contributed by atoms with Crippen LogP contribution in [-0.2, 0) is 4.79 Å². The van der Waals surface area contributed by atoms with Crippen LogP contribution in [0.3, 0.4) is 0 Å². The van der Waals surface area contributed by atoms with Crippen molar-refractivity contribution >= 4 is 5.78 Å². The smallest absolute Gasteiger partial charge is 0.167 e. The first-order valence-corrected chi connectivity index (χ1v) is 5.79. The molecule has 0 N–H and O–H groups in total. The van der Waals surface area contributed by atoms with Crippen molar-refractivity contribution in [2.45, 2.75) is 6.92 Å². The van der Waals surface area contributed by atoms with Crippen molar-refractivity contribution in [1.29, 1.82) is 0 Å². The van der Waals surface area contributed by atoms with Gasteiger partial charge in [-0.05, 0) is 55.5 Å². The van der Waals surface area contributed by atoms with Crippen molar-refractivity contribution < 1.29 is 18.7 Å². The van der Waals surface area contributed by atoms with Crippen LogP contribution in [0.15, 0.2) is 48.5 Å². The molecular weight excluding hydrogens is 247 g/mol. The van der Waals surface area contributed by atoms with E-state index in [1.165, 1.54) is 19.1 Å². The van der Waals surface area contributed by atoms with Gasteiger partial charge in [0.05, 0.1) is 0 Å². The lowest BCUT2D eigenvalue weighted by Gasteiger charge is -2.07. The number of carbonyl (C=O) groups is 1. The van der Waals surface area contributed by atoms with Crippen molar-refractivity contribution in [2.75, 3.05) is 6.61 Å². The fraction of sp³-hybridized carbons (Fsp3) is 0.133. The van der Waals surface area contributed by atoms with Crippen LogP contribution in [0.4, 0.5) is 4.39 Å². The van der Waals surface area contributed by atoms with Gasteiger partial charge in [-0.1, -0.05) is 0 Å². The van der Waals surface area contributed by atoms with Crippen LogP contribution in [0.2, 0.25) is 0 Å². The zero-order valence-corrected chi connectivity index (χ0v) is 10.4. The van der Waals surface area contributed by atoms with Crippen LogP contribution in [0.1, 0.15) is 6.92 Å². The molecule has 4 heteroatoms. The second-order valence-corrected chi connectivity index (χ2v) is 4.02. The second-order valence-electron chi connectivity index (χ2n) is 4.02. The topological polar surface area (TPSA) is 35.5 Å². The van der Waals surface area contributed by atoms with E-state index in [1.807, 2.05) is 0 Å². The third kappa shape index (κ3) is 4.10. The molecule has 0 amide bonds. The molecule has 0 fully saturated rings. The van der Waals surface area contributed by atoms with E-state index in [9.17, 15) is 9.18 Å². The Kier molecular flexibility index (Phi) is 4.13. The Labute approximate surface area is 110 Å². The zero-order chi connectivity index (χ0) is 13.7. The maximum Gasteiger partial charge on any atom is 0.167 e. The summed E-state index contributed by atoms with van der Waals surface area (Å²) in [6.07, 6.45) is 0. The molecule has 19 heavy (non-hydrogen) atoms. The Hall–Kier alpha value is -2.36. The third-order valence-corrected chi connectivity index (χ3v) is 2.32. The highest BCUT2D eigenvalue weighted by molar-refractivity contribution is 5.77. The molecule has 0 bridgehead atoms. The molecule has 2 aromatic carbocycles. The first kappa shape index (κ1) is 13.1. The van der Waals surface area contributed by atoms with Crippen molar-refractivity contribution in [3.8, 4) is 17.2 Å². The average Bonchev–Trinajstić information content (AvgIpc) is 2.40. The largest absolute Gasteiger partial charge is 0.486 e. The standard InChI is InChI=1S/C15H13FO3/c1-11(17)10-18-13-6-8-15(9-7-13)19-14-4-2-12(16)3-5-14/h2-9H,10H2,1H3. The van der Waals surface area contributed by atoms with Crippen LogP contribution < -0.4 is 9.47 Å². The molecule has 0 saturated heterocycles. The van der Waals surface area contributed by atoms with Crippen LogP contribution in [0, 0.1) is 5.82 Å². The number of Topliss-reactive ketones (excluding diaryl/α,β-unsaturated/α-hetero) is 1. The number of hydrogen-bond donors (Lipinski definition) is 0. The van der Waals surface area contributed by atoms with E-state index in [4.69, 9.17) is 9.47 Å². The monoisotopic (exact) mass is 260 g/mol. The molecule has 0 saturated carbocycles. The van der Waals surface area contributed by atoms with Crippen LogP contribution >= 0.6 is 0 Å². The van der Waals surface area contributed by atoms with E-state index >= 15 is 0 Å². The first-order valence-electron chi connectivity index (χ1n) is 5.79. The van der Waals surface area contributed by atoms with E-state index in [0.29, 0.717) is 17.2 Å². The summed E-state index contributed by atoms with van der Waals surface area (Å²) in [5.41, 5.74) is 0. The first-order chi connectivity index (χ1) is 9.13. The number of ketones is 1. The summed E-state index contributed by atoms with van der Waals surface area (Å²) in [4.78, 5) is 10.8. The fourth-order valence-corrected chi connectivity index (χ4v) is 1.43. The minimum Gasteiger partial charge on any atom is -0.486 e. The molecule has 2 rings (SSSR count). The van der Waals surface area contributed by atoms with Gasteiger partial charge in [0.1, 0.15) is 29.7 Å². The zero-order valence-electron chi connectivity index (χ0n) is 10.4. The quantitative estimate of drug-likeness (QED) is 0.824. The van der Waals surface area contributed by atoms with Crippen LogP contribution in [0.5, 0.6) is 17.2 Å². The second kappa shape index (κ2) is 6.00. The molecule has 0 aliphatic carbocycles. The van der Waals surface area contributed by atoms with Crippen LogP contribution in [0.25, 0.3) is 0 Å². The number of ether oxygens (including phenoxy) is 2. The lowest BCUT2D eigenvalue weighted by molar-refractivity contribution is -0.118. The fourth-order valence-electron chi connectivity index (χ4n) is 1.43. The average molecular weight is 260 g/mol. The minimum absolute atomic E-state index is 0.0355. The summed E-state index contributed by atoms with van der Waals surface area (Å²) in [6.45, 7) is 1.52. The predicted octanol–water partition coefficient (Wildman–Crippen LogP) is 3.59. The van der Waals surface area contributed by atoms with Gasteiger partial charge in [0.2, 0.25) is 0 Å². The summed E-state index contributed by atoms with van der Waals surface area (Å²) in [5, 5.41) is 0. The highest BCUT2D eigenvalue weighted by Crippen LogP contribution is 2.23. The number of halogens is 1. The molecule has 0 atom stereocenters. The van der Waals surface area contributed by atoms with Gasteiger partial charge in [-0.25, -0.2) is 4.39 Å². The molecule has 98 valence electrons. The van der Waals surface area contributed by atoms with E-state index < -0.39 is 0 Å². The molecule has 3 nitrogen and oxygen atoms in total. The lowest BCUT2D eigenvalue weighted by atomic mass is 10.3. The number of carbonyl (C=O) groups excluding carboxylic acids is 1. The number of hydrogen-bond acceptors (Lipinski definition) is 3. The Morgan fingerprint density at radius 1 is 0.947 bits per heavy atom. The number of rotatable bonds is 5. The van der Waals surface area contributed by atoms with Gasteiger partial charge in [0.25, 0.3) is 0 Å². The van der Waals surface area contributed by atoms with E-state index in [0.717, 1.165) is 0 Å². The van der Waals surface area contributed by atoms with Gasteiger partial charge in [-0.15, -0.1) is 0 Å². The molecule has 0 aliphatic rings. The highest BCUT2D eigenvalue weighted by atomic mass is 19.1. The van der Waals surface area contributed by atoms with Gasteiger partial charge < -0.3 is 9.47 Å². The van der Waals surface area contributed by atoms with Gasteiger partial charge in [-0.3, -0.25) is 4.79 Å². The maximum absolute atomic E-state index is 12.7. The molecule has 2 aromatic rings. The number of benzene rings is 2. The maximum atomic E-state index is 12.7. The minimum atomic E-state index is -0.305. The summed E-state index contributed by atoms with van der Waals surface area (Å²) >= 11 is 0. The molecule has 0 aromatic heterocycles. The van der Waals surface area contributed by atoms with E-state index in [2.05, 4.69) is 0 Å². The third-order valence-electron chi connectivity index (χ3n) is 2.32. The van der Waals surface area contributed by atoms with Gasteiger partial charge in [0, 0.05) is 0 Å². The molecule has 0 radical (unpaired) electrons. The molecule has 0 unspecified atom stereocenters. The van der Waals surface area contributed by atoms with Crippen LogP contribution in [-0.4, -0.2) is 12.4 Å². The SMILES string of the molecule is CC(=O)COc1ccc(Oc2ccc(F)cc2)cc1. The van der Waals surface area contributed by atoms with Gasteiger partial charge in [0.15, 0.2) is 5.78 Å². The summed E-state index contributed by atoms with van der Waals surface area (Å²) < 4.78 is 23.5. The molecular formula is C15H13FO3. The Morgan fingerprint density at radius 2 is 1.42 bits per heavy atom. The highest BCUT2D eigenvalue weighted by Gasteiger charge is 2.00. The summed E-state index contributed by atoms with van der Waals surface area (Å²) in [5.74, 6) is 1.43. The van der Waals surface area contributed by atoms with Crippen molar-refractivity contribution in [3.63, 3.8) is 0 Å². The molecule has 0 spiro atoms. The summed E-state index contributed by atoms with van der Waals surface area (Å²) in [6, 6.07) is 12.6. The lowest BCUT2D eigenvalue weighted by Crippen LogP contribution is -2.06. The Bertz CT molecular complexity index is 547. The van der Waals surface area contributed by atoms with E-state index in [1.54, 1.807) is 36.4 Å². The summed E-state index contributed by atoms with van der Waals surface area (Å²) in [7, 11) is 0. The predicted molar refractivity (Wildman–Crippen MR) is 69.1 cm³/mol. The van der Waals surface area contributed by atoms with Gasteiger partial charge >= 0.3 is 0 Å². The molecule has 0 aliphatic heterocycles. The van der Waals surface area contributed by atoms with Gasteiger partial charge in [-0.2, -0.15) is 0 Å². The van der Waals surface area contributed by atoms with E-state index in [-0.39, 0.29) is 18.2 Å². The van der Waals surface area contributed by atoms with Crippen molar-refractivity contribution in [3.05, 3.63) is 54.3 Å². The normalized spacial score (nSPS) is 10.0. The molecule has 0 heterocycles.